The largest absolute Gasteiger partial charge is 0.426 e. The van der Waals surface area contributed by atoms with Gasteiger partial charge in [-0.2, -0.15) is 0 Å². The second-order valence-corrected chi connectivity index (χ2v) is 2.59. The van der Waals surface area contributed by atoms with Gasteiger partial charge in [-0.05, 0) is 6.92 Å². The minimum absolute atomic E-state index is 0.362. The van der Waals surface area contributed by atoms with E-state index in [1.165, 1.54) is 0 Å². The van der Waals surface area contributed by atoms with Gasteiger partial charge in [0.05, 0.1) is 0 Å². The van der Waals surface area contributed by atoms with Gasteiger partial charge in [0, 0.05) is 32.7 Å². The van der Waals surface area contributed by atoms with Crippen molar-refractivity contribution in [1.29, 1.82) is 0 Å². The van der Waals surface area contributed by atoms with Crippen molar-refractivity contribution in [3.8, 4) is 0 Å². The molecule has 0 unspecified atom stereocenters. The van der Waals surface area contributed by atoms with Gasteiger partial charge in [-0.3, -0.25) is 0 Å². The number of carbonyl (C=O) groups excluding carboxylic acids is 1. The zero-order valence-electron chi connectivity index (χ0n) is 7.30. The molecule has 0 saturated carbocycles. The fourth-order valence-electron chi connectivity index (χ4n) is 1.03. The third-order valence-electron chi connectivity index (χ3n) is 1.61. The van der Waals surface area contributed by atoms with E-state index in [4.69, 9.17) is 4.84 Å². The van der Waals surface area contributed by atoms with Crippen molar-refractivity contribution < 1.29 is 9.63 Å². The van der Waals surface area contributed by atoms with Gasteiger partial charge in [-0.15, -0.1) is 5.06 Å². The Balaban J connectivity index is 2.15. The topological polar surface area (TPSA) is 53.6 Å². The first-order valence-electron chi connectivity index (χ1n) is 4.24. The van der Waals surface area contributed by atoms with Gasteiger partial charge in [0.1, 0.15) is 0 Å². The lowest BCUT2D eigenvalue weighted by atomic mass is 10.4. The monoisotopic (exact) mass is 173 g/mol. The Bertz CT molecular complexity index is 146. The molecule has 5 nitrogen and oxygen atoms in total. The summed E-state index contributed by atoms with van der Waals surface area (Å²) < 4.78 is 0. The SMILES string of the molecule is CCNC(=O)ON1CCNCC1. The number of amides is 1. The van der Waals surface area contributed by atoms with Crippen molar-refractivity contribution in [2.45, 2.75) is 6.92 Å². The molecule has 0 atom stereocenters. The zero-order chi connectivity index (χ0) is 8.81. The van der Waals surface area contributed by atoms with Crippen molar-refractivity contribution in [1.82, 2.24) is 15.7 Å². The number of carbonyl (C=O) groups is 1. The minimum Gasteiger partial charge on any atom is -0.351 e. The third kappa shape index (κ3) is 3.06. The van der Waals surface area contributed by atoms with Gasteiger partial charge < -0.3 is 15.5 Å². The van der Waals surface area contributed by atoms with Crippen molar-refractivity contribution in [3.05, 3.63) is 0 Å². The zero-order valence-corrected chi connectivity index (χ0v) is 7.30. The maximum Gasteiger partial charge on any atom is 0.426 e. The number of nitrogens with one attached hydrogen (secondary N) is 2. The lowest BCUT2D eigenvalue weighted by Crippen LogP contribution is -2.45. The number of hydroxylamine groups is 2. The van der Waals surface area contributed by atoms with Crippen LogP contribution in [0.3, 0.4) is 0 Å². The van der Waals surface area contributed by atoms with Crippen molar-refractivity contribution >= 4 is 6.09 Å². The van der Waals surface area contributed by atoms with Crippen LogP contribution in [0.1, 0.15) is 6.92 Å². The van der Waals surface area contributed by atoms with Crippen LogP contribution >= 0.6 is 0 Å². The quantitative estimate of drug-likeness (QED) is 0.594. The molecule has 1 fully saturated rings. The highest BCUT2D eigenvalue weighted by Crippen LogP contribution is 1.93. The highest BCUT2D eigenvalue weighted by Gasteiger charge is 2.13. The molecule has 1 saturated heterocycles. The molecular formula is C7H15N3O2. The van der Waals surface area contributed by atoms with E-state index in [9.17, 15) is 4.79 Å². The molecule has 1 amide bonds. The molecule has 0 bridgehead atoms. The molecule has 0 aromatic heterocycles. The van der Waals surface area contributed by atoms with Gasteiger partial charge in [0.15, 0.2) is 0 Å². The summed E-state index contributed by atoms with van der Waals surface area (Å²) in [5.74, 6) is 0. The number of piperazine rings is 1. The Kier molecular flexibility index (Phi) is 3.83. The molecular weight excluding hydrogens is 158 g/mol. The van der Waals surface area contributed by atoms with E-state index in [1.807, 2.05) is 6.92 Å². The molecule has 0 spiro atoms. The van der Waals surface area contributed by atoms with Gasteiger partial charge in [-0.25, -0.2) is 4.79 Å². The second-order valence-electron chi connectivity index (χ2n) is 2.59. The minimum atomic E-state index is -0.362. The van der Waals surface area contributed by atoms with Crippen LogP contribution in [0.4, 0.5) is 4.79 Å². The van der Waals surface area contributed by atoms with Crippen LogP contribution in [0.5, 0.6) is 0 Å². The standard InChI is InChI=1S/C7H15N3O2/c1-2-9-7(11)12-10-5-3-8-4-6-10/h8H,2-6H2,1H3,(H,9,11). The molecule has 0 radical (unpaired) electrons. The van der Waals surface area contributed by atoms with Gasteiger partial charge in [-0.1, -0.05) is 0 Å². The summed E-state index contributed by atoms with van der Waals surface area (Å²) in [4.78, 5) is 15.9. The summed E-state index contributed by atoms with van der Waals surface area (Å²) in [6.07, 6.45) is -0.362. The average Bonchev–Trinajstić information content (AvgIpc) is 2.06. The maximum absolute atomic E-state index is 10.9. The van der Waals surface area contributed by atoms with Gasteiger partial charge in [0.2, 0.25) is 0 Å². The molecule has 70 valence electrons. The van der Waals surface area contributed by atoms with Crippen LogP contribution in [0.15, 0.2) is 0 Å². The summed E-state index contributed by atoms with van der Waals surface area (Å²) in [5.41, 5.74) is 0. The van der Waals surface area contributed by atoms with Crippen LogP contribution in [-0.4, -0.2) is 43.9 Å². The molecule has 1 aliphatic heterocycles. The molecule has 1 rings (SSSR count). The maximum atomic E-state index is 10.9. The van der Waals surface area contributed by atoms with Gasteiger partial charge in [0.25, 0.3) is 0 Å². The van der Waals surface area contributed by atoms with E-state index >= 15 is 0 Å². The highest BCUT2D eigenvalue weighted by molar-refractivity contribution is 5.66. The van der Waals surface area contributed by atoms with E-state index in [-0.39, 0.29) is 6.09 Å². The summed E-state index contributed by atoms with van der Waals surface area (Å²) in [7, 11) is 0. The van der Waals surface area contributed by atoms with Crippen LogP contribution in [0.2, 0.25) is 0 Å². The summed E-state index contributed by atoms with van der Waals surface area (Å²) in [6.45, 7) is 5.73. The third-order valence-corrected chi connectivity index (χ3v) is 1.61. The number of hydrogen-bond donors (Lipinski definition) is 2. The molecule has 5 heteroatoms. The first kappa shape index (κ1) is 9.28. The van der Waals surface area contributed by atoms with Crippen molar-refractivity contribution in [2.75, 3.05) is 32.7 Å². The fourth-order valence-corrected chi connectivity index (χ4v) is 1.03. The molecule has 12 heavy (non-hydrogen) atoms. The van der Waals surface area contributed by atoms with Crippen LogP contribution in [0, 0.1) is 0 Å². The molecule has 0 aromatic carbocycles. The van der Waals surface area contributed by atoms with Crippen LogP contribution in [-0.2, 0) is 4.84 Å². The summed E-state index contributed by atoms with van der Waals surface area (Å²) in [6, 6.07) is 0. The highest BCUT2D eigenvalue weighted by atomic mass is 16.7. The Labute approximate surface area is 72.0 Å². The lowest BCUT2D eigenvalue weighted by molar-refractivity contribution is -0.106. The van der Waals surface area contributed by atoms with E-state index in [1.54, 1.807) is 5.06 Å². The lowest BCUT2D eigenvalue weighted by Gasteiger charge is -2.25. The first-order valence-corrected chi connectivity index (χ1v) is 4.24. The normalized spacial score (nSPS) is 18.8. The molecule has 0 aromatic rings. The van der Waals surface area contributed by atoms with Crippen molar-refractivity contribution in [2.24, 2.45) is 0 Å². The Morgan fingerprint density at radius 2 is 2.25 bits per heavy atom. The molecule has 1 aliphatic rings. The molecule has 1 heterocycles. The molecule has 0 aliphatic carbocycles. The van der Waals surface area contributed by atoms with E-state index in [0.29, 0.717) is 6.54 Å². The number of hydrogen-bond acceptors (Lipinski definition) is 4. The van der Waals surface area contributed by atoms with E-state index < -0.39 is 0 Å². The molecule has 2 N–H and O–H groups in total. The predicted octanol–water partition coefficient (Wildman–Crippen LogP) is -0.447. The van der Waals surface area contributed by atoms with Gasteiger partial charge >= 0.3 is 6.09 Å². The van der Waals surface area contributed by atoms with Crippen molar-refractivity contribution in [3.63, 3.8) is 0 Å². The van der Waals surface area contributed by atoms with E-state index in [2.05, 4.69) is 10.6 Å². The van der Waals surface area contributed by atoms with Crippen LogP contribution < -0.4 is 10.6 Å². The predicted molar refractivity (Wildman–Crippen MR) is 44.6 cm³/mol. The Morgan fingerprint density at radius 1 is 1.58 bits per heavy atom. The fraction of sp³-hybridized carbons (Fsp3) is 0.857. The Morgan fingerprint density at radius 3 is 2.83 bits per heavy atom. The van der Waals surface area contributed by atoms with Crippen LogP contribution in [0.25, 0.3) is 0 Å². The first-order chi connectivity index (χ1) is 5.83. The second kappa shape index (κ2) is 4.95. The summed E-state index contributed by atoms with van der Waals surface area (Å²) >= 11 is 0. The number of nitrogens with zero attached hydrogens (tertiary/aromatic N) is 1. The van der Waals surface area contributed by atoms with E-state index in [0.717, 1.165) is 26.2 Å². The number of rotatable bonds is 2. The smallest absolute Gasteiger partial charge is 0.351 e. The summed E-state index contributed by atoms with van der Waals surface area (Å²) in [5, 5.41) is 7.40. The Hall–Kier alpha value is -0.810. The average molecular weight is 173 g/mol.